The molecule has 0 spiro atoms. The Morgan fingerprint density at radius 1 is 1.64 bits per heavy atom. The average molecular weight is 255 g/mol. The number of rotatable bonds is 2. The van der Waals surface area contributed by atoms with E-state index in [2.05, 4.69) is 15.9 Å². The molecule has 0 N–H and O–H groups in total. The fourth-order valence-corrected chi connectivity index (χ4v) is 2.49. The SMILES string of the molecule is CC(=O)CC1COc2cccc(Br)c21. The number of hydrogen-bond donors (Lipinski definition) is 0. The minimum Gasteiger partial charge on any atom is -0.493 e. The van der Waals surface area contributed by atoms with E-state index in [0.717, 1.165) is 15.8 Å². The Balaban J connectivity index is 2.33. The van der Waals surface area contributed by atoms with Gasteiger partial charge in [-0.2, -0.15) is 0 Å². The molecule has 1 aliphatic rings. The summed E-state index contributed by atoms with van der Waals surface area (Å²) in [5, 5.41) is 0. The molecule has 0 bridgehead atoms. The summed E-state index contributed by atoms with van der Waals surface area (Å²) >= 11 is 3.49. The summed E-state index contributed by atoms with van der Waals surface area (Å²) in [6, 6.07) is 5.87. The third-order valence-electron chi connectivity index (χ3n) is 2.40. The van der Waals surface area contributed by atoms with Gasteiger partial charge in [0.2, 0.25) is 0 Å². The predicted octanol–water partition coefficient (Wildman–Crippen LogP) is 2.90. The van der Waals surface area contributed by atoms with Crippen LogP contribution in [0.1, 0.15) is 24.8 Å². The molecular formula is C11H11BrO2. The number of carbonyl (C=O) groups excluding carboxylic acids is 1. The molecule has 0 saturated carbocycles. The topological polar surface area (TPSA) is 26.3 Å². The number of Topliss-reactive ketones (excluding diaryl/α,β-unsaturated/α-hetero) is 1. The van der Waals surface area contributed by atoms with E-state index in [9.17, 15) is 4.79 Å². The maximum Gasteiger partial charge on any atom is 0.130 e. The van der Waals surface area contributed by atoms with E-state index in [1.54, 1.807) is 6.92 Å². The zero-order valence-electron chi connectivity index (χ0n) is 7.92. The minimum absolute atomic E-state index is 0.210. The first-order valence-corrected chi connectivity index (χ1v) is 5.38. The first kappa shape index (κ1) is 9.71. The van der Waals surface area contributed by atoms with Crippen LogP contribution in [0, 0.1) is 0 Å². The summed E-state index contributed by atoms with van der Waals surface area (Å²) in [5.41, 5.74) is 1.14. The van der Waals surface area contributed by atoms with Crippen LogP contribution < -0.4 is 4.74 Å². The molecule has 1 atom stereocenters. The molecule has 14 heavy (non-hydrogen) atoms. The van der Waals surface area contributed by atoms with Crippen molar-refractivity contribution in [3.8, 4) is 5.75 Å². The Bertz CT molecular complexity index is 374. The Hall–Kier alpha value is -0.830. The van der Waals surface area contributed by atoms with Crippen molar-refractivity contribution >= 4 is 21.7 Å². The van der Waals surface area contributed by atoms with Gasteiger partial charge in [0.05, 0.1) is 6.61 Å². The third-order valence-corrected chi connectivity index (χ3v) is 3.09. The molecule has 0 amide bonds. The van der Waals surface area contributed by atoms with Gasteiger partial charge in [-0.25, -0.2) is 0 Å². The maximum atomic E-state index is 11.0. The lowest BCUT2D eigenvalue weighted by molar-refractivity contribution is -0.117. The third kappa shape index (κ3) is 1.69. The van der Waals surface area contributed by atoms with E-state index in [1.165, 1.54) is 0 Å². The van der Waals surface area contributed by atoms with E-state index in [-0.39, 0.29) is 11.7 Å². The normalized spacial score (nSPS) is 18.9. The van der Waals surface area contributed by atoms with Crippen LogP contribution >= 0.6 is 15.9 Å². The highest BCUT2D eigenvalue weighted by molar-refractivity contribution is 9.10. The molecule has 0 saturated heterocycles. The highest BCUT2D eigenvalue weighted by atomic mass is 79.9. The second-order valence-electron chi connectivity index (χ2n) is 3.57. The molecular weight excluding hydrogens is 244 g/mol. The summed E-state index contributed by atoms with van der Waals surface area (Å²) in [7, 11) is 0. The van der Waals surface area contributed by atoms with Crippen LogP contribution in [-0.2, 0) is 4.79 Å². The van der Waals surface area contributed by atoms with Crippen molar-refractivity contribution in [2.45, 2.75) is 19.3 Å². The number of carbonyl (C=O) groups is 1. The van der Waals surface area contributed by atoms with Gasteiger partial charge in [0.15, 0.2) is 0 Å². The lowest BCUT2D eigenvalue weighted by Gasteiger charge is -2.07. The van der Waals surface area contributed by atoms with Crippen molar-refractivity contribution in [2.24, 2.45) is 0 Å². The summed E-state index contributed by atoms with van der Waals surface area (Å²) < 4.78 is 6.55. The number of benzene rings is 1. The van der Waals surface area contributed by atoms with Gasteiger partial charge in [-0.15, -0.1) is 0 Å². The van der Waals surface area contributed by atoms with Crippen LogP contribution in [0.2, 0.25) is 0 Å². The van der Waals surface area contributed by atoms with Crippen LogP contribution in [0.25, 0.3) is 0 Å². The van der Waals surface area contributed by atoms with Gasteiger partial charge in [-0.05, 0) is 19.1 Å². The second-order valence-corrected chi connectivity index (χ2v) is 4.42. The predicted molar refractivity (Wildman–Crippen MR) is 57.7 cm³/mol. The summed E-state index contributed by atoms with van der Waals surface area (Å²) in [5.74, 6) is 1.34. The van der Waals surface area contributed by atoms with Gasteiger partial charge in [0.1, 0.15) is 11.5 Å². The van der Waals surface area contributed by atoms with Crippen LogP contribution in [0.5, 0.6) is 5.75 Å². The second kappa shape index (κ2) is 3.73. The Morgan fingerprint density at radius 2 is 2.43 bits per heavy atom. The average Bonchev–Trinajstić information content (AvgIpc) is 2.49. The van der Waals surface area contributed by atoms with Gasteiger partial charge in [0.25, 0.3) is 0 Å². The fourth-order valence-electron chi connectivity index (χ4n) is 1.82. The molecule has 1 aromatic carbocycles. The quantitative estimate of drug-likeness (QED) is 0.812. The van der Waals surface area contributed by atoms with Crippen LogP contribution in [0.15, 0.2) is 22.7 Å². The summed E-state index contributed by atoms with van der Waals surface area (Å²) in [4.78, 5) is 11.0. The Morgan fingerprint density at radius 3 is 3.14 bits per heavy atom. The molecule has 74 valence electrons. The van der Waals surface area contributed by atoms with Gasteiger partial charge in [-0.3, -0.25) is 0 Å². The lowest BCUT2D eigenvalue weighted by Crippen LogP contribution is -2.05. The van der Waals surface area contributed by atoms with E-state index < -0.39 is 0 Å². The fraction of sp³-hybridized carbons (Fsp3) is 0.364. The molecule has 2 nitrogen and oxygen atoms in total. The minimum atomic E-state index is 0.210. The van der Waals surface area contributed by atoms with Crippen molar-refractivity contribution in [2.75, 3.05) is 6.61 Å². The highest BCUT2D eigenvalue weighted by Crippen LogP contribution is 2.40. The maximum absolute atomic E-state index is 11.0. The largest absolute Gasteiger partial charge is 0.493 e. The molecule has 1 aliphatic heterocycles. The van der Waals surface area contributed by atoms with E-state index in [4.69, 9.17) is 4.74 Å². The van der Waals surface area contributed by atoms with E-state index in [1.807, 2.05) is 18.2 Å². The summed E-state index contributed by atoms with van der Waals surface area (Å²) in [6.07, 6.45) is 0.565. The van der Waals surface area contributed by atoms with Crippen molar-refractivity contribution in [1.82, 2.24) is 0 Å². The number of ketones is 1. The van der Waals surface area contributed by atoms with Gasteiger partial charge >= 0.3 is 0 Å². The lowest BCUT2D eigenvalue weighted by atomic mass is 9.96. The van der Waals surface area contributed by atoms with E-state index in [0.29, 0.717) is 13.0 Å². The first-order valence-electron chi connectivity index (χ1n) is 4.59. The standard InChI is InChI=1S/C11H11BrO2/c1-7(13)5-8-6-14-10-4-2-3-9(12)11(8)10/h2-4,8H,5-6H2,1H3. The van der Waals surface area contributed by atoms with Crippen molar-refractivity contribution in [3.05, 3.63) is 28.2 Å². The van der Waals surface area contributed by atoms with Crippen molar-refractivity contribution in [3.63, 3.8) is 0 Å². The van der Waals surface area contributed by atoms with Gasteiger partial charge in [0, 0.05) is 22.4 Å². The molecule has 0 aromatic heterocycles. The molecule has 0 aliphatic carbocycles. The monoisotopic (exact) mass is 254 g/mol. The number of ether oxygens (including phenoxy) is 1. The Labute approximate surface area is 91.4 Å². The number of fused-ring (bicyclic) bond motifs is 1. The van der Waals surface area contributed by atoms with Crippen molar-refractivity contribution < 1.29 is 9.53 Å². The van der Waals surface area contributed by atoms with Gasteiger partial charge < -0.3 is 9.53 Å². The molecule has 1 heterocycles. The number of halogens is 1. The zero-order valence-corrected chi connectivity index (χ0v) is 9.50. The molecule has 1 unspecified atom stereocenters. The smallest absolute Gasteiger partial charge is 0.130 e. The molecule has 2 rings (SSSR count). The van der Waals surface area contributed by atoms with Crippen LogP contribution in [0.3, 0.4) is 0 Å². The molecule has 3 heteroatoms. The van der Waals surface area contributed by atoms with E-state index >= 15 is 0 Å². The van der Waals surface area contributed by atoms with Gasteiger partial charge in [-0.1, -0.05) is 22.0 Å². The van der Waals surface area contributed by atoms with Crippen molar-refractivity contribution in [1.29, 1.82) is 0 Å². The molecule has 0 radical (unpaired) electrons. The number of hydrogen-bond acceptors (Lipinski definition) is 2. The zero-order chi connectivity index (χ0) is 10.1. The summed E-state index contributed by atoms with van der Waals surface area (Å²) in [6.45, 7) is 2.24. The van der Waals surface area contributed by atoms with Crippen LogP contribution in [0.4, 0.5) is 0 Å². The molecule has 0 fully saturated rings. The Kier molecular flexibility index (Phi) is 2.59. The first-order chi connectivity index (χ1) is 6.68. The molecule has 1 aromatic rings. The highest BCUT2D eigenvalue weighted by Gasteiger charge is 2.27. The van der Waals surface area contributed by atoms with Crippen LogP contribution in [-0.4, -0.2) is 12.4 Å².